The second-order valence-corrected chi connectivity index (χ2v) is 13.4. The highest BCUT2D eigenvalue weighted by molar-refractivity contribution is 7.93. The molecular weight excluding hydrogens is 792 g/mol. The van der Waals surface area contributed by atoms with Crippen LogP contribution in [0.1, 0.15) is 32.4 Å². The molecule has 0 fully saturated rings. The summed E-state index contributed by atoms with van der Waals surface area (Å²) in [5.41, 5.74) is -1.49. The van der Waals surface area contributed by atoms with E-state index in [4.69, 9.17) is 28.4 Å². The Balaban J connectivity index is 0.000000296. The molecule has 0 spiro atoms. The van der Waals surface area contributed by atoms with E-state index < -0.39 is 66.2 Å². The topological polar surface area (TPSA) is 250 Å². The molecule has 0 aliphatic rings. The number of alkyl halides is 4. The third-order valence-electron chi connectivity index (χ3n) is 6.68. The summed E-state index contributed by atoms with van der Waals surface area (Å²) >= 11 is 0. The minimum Gasteiger partial charge on any atom is -0.495 e. The zero-order valence-corrected chi connectivity index (χ0v) is 31.1. The van der Waals surface area contributed by atoms with Gasteiger partial charge in [0.25, 0.3) is 20.0 Å². The van der Waals surface area contributed by atoms with Crippen LogP contribution in [0.25, 0.3) is 0 Å². The third kappa shape index (κ3) is 9.88. The van der Waals surface area contributed by atoms with Crippen LogP contribution in [0.15, 0.2) is 36.4 Å². The Morgan fingerprint density at radius 3 is 1.38 bits per heavy atom. The summed E-state index contributed by atoms with van der Waals surface area (Å²) in [5.74, 6) is -10.4. The van der Waals surface area contributed by atoms with Gasteiger partial charge in [-0.25, -0.2) is 16.8 Å². The molecule has 0 aliphatic heterocycles. The molecule has 0 saturated heterocycles. The van der Waals surface area contributed by atoms with Crippen LogP contribution in [0.4, 0.5) is 28.9 Å². The molecule has 55 heavy (non-hydrogen) atoms. The number of sulfonamides is 2. The first-order chi connectivity index (χ1) is 25.9. The molecule has 1 N–H and O–H groups in total. The van der Waals surface area contributed by atoms with Gasteiger partial charge < -0.3 is 28.4 Å². The quantitative estimate of drug-likeness (QED) is 0.126. The van der Waals surface area contributed by atoms with Crippen LogP contribution in [-0.4, -0.2) is 120 Å². The normalized spacial score (nSPS) is 11.2. The Kier molecular flexibility index (Phi) is 14.3. The fraction of sp³-hybridized carbons (Fsp3) is 0.310. The van der Waals surface area contributed by atoms with Crippen molar-refractivity contribution in [3.05, 3.63) is 59.2 Å². The zero-order valence-electron chi connectivity index (χ0n) is 29.5. The maximum Gasteiger partial charge on any atom is 0.355 e. The number of ketones is 2. The number of carbonyl (C=O) groups excluding carboxylic acids is 2. The summed E-state index contributed by atoms with van der Waals surface area (Å²) in [4.78, 5) is 48.3. The molecule has 2 aromatic heterocycles. The van der Waals surface area contributed by atoms with Crippen LogP contribution >= 0.6 is 0 Å². The van der Waals surface area contributed by atoms with Gasteiger partial charge in [0.15, 0.2) is 0 Å². The maximum atomic E-state index is 13.0. The first-order valence-corrected chi connectivity index (χ1v) is 17.6. The summed E-state index contributed by atoms with van der Waals surface area (Å²) in [6.45, 7) is 0. The van der Waals surface area contributed by atoms with Gasteiger partial charge in [0.2, 0.25) is 23.2 Å². The van der Waals surface area contributed by atoms with E-state index in [1.807, 2.05) is 0 Å². The molecule has 0 bridgehead atoms. The predicted molar refractivity (Wildman–Crippen MR) is 181 cm³/mol. The minimum absolute atomic E-state index is 0.120. The van der Waals surface area contributed by atoms with Gasteiger partial charge in [-0.15, -0.1) is 9.97 Å². The van der Waals surface area contributed by atoms with Crippen molar-refractivity contribution in [1.29, 1.82) is 0 Å². The molecule has 0 unspecified atom stereocenters. The average Bonchev–Trinajstić information content (AvgIpc) is 3.19. The molecule has 4 aromatic rings. The molecule has 2 aromatic carbocycles. The number of nitrogens with zero attached hydrogens (tertiary/aromatic N) is 7. The monoisotopic (exact) mass is 822 g/mol. The van der Waals surface area contributed by atoms with Gasteiger partial charge in [0.1, 0.15) is 22.9 Å². The molecule has 2 heterocycles. The second kappa shape index (κ2) is 18.2. The Hall–Kier alpha value is -6.18. The van der Waals surface area contributed by atoms with Gasteiger partial charge in [-0.2, -0.15) is 37.5 Å². The predicted octanol–water partition coefficient (Wildman–Crippen LogP) is 2.21. The fourth-order valence-corrected chi connectivity index (χ4v) is 5.38. The molecule has 0 atom stereocenters. The van der Waals surface area contributed by atoms with E-state index in [1.54, 1.807) is 4.72 Å². The highest BCUT2D eigenvalue weighted by Crippen LogP contribution is 2.36. The molecule has 4 rings (SSSR count). The Morgan fingerprint density at radius 2 is 1.00 bits per heavy atom. The number of ether oxygens (including phenoxy) is 6. The van der Waals surface area contributed by atoms with Crippen molar-refractivity contribution in [2.75, 3.05) is 58.7 Å². The summed E-state index contributed by atoms with van der Waals surface area (Å²) in [6.07, 6.45) is 0. The number of para-hydroxylation sites is 2. The van der Waals surface area contributed by atoms with E-state index in [2.05, 4.69) is 29.9 Å². The van der Waals surface area contributed by atoms with E-state index in [9.17, 15) is 44.0 Å². The summed E-state index contributed by atoms with van der Waals surface area (Å²) < 4.78 is 130. The lowest BCUT2D eigenvalue weighted by Gasteiger charge is -2.23. The number of aromatic nitrogens is 6. The highest BCUT2D eigenvalue weighted by Gasteiger charge is 2.35. The number of rotatable bonds is 16. The fourth-order valence-electron chi connectivity index (χ4n) is 4.11. The SMILES string of the molecule is COc1nc(OC)nc(C(=O)c2cccc(OC)c2N(C)S(=O)(=O)C(F)F)n1.COc1nc(OC)nc(C(=O)c2cccc(OC)c2NS(=O)(=O)C(F)F)n1. The maximum absolute atomic E-state index is 13.0. The standard InChI is InChI=1S/C15H16F2N4O6S.C14H14F2N4O6S/c1-21(28(23,24)13(16)17)10-8(6-5-7-9(10)25-2)11(22)12-18-14(26-3)20-15(19-12)27-4;1-24-8-6-4-5-7(9(8)20-27(22,23)12(15)16)10(21)11-17-13(25-2)19-14(18-11)26-3/h5-7,13H,1-4H3;4-6,12,20H,1-3H3. The molecule has 298 valence electrons. The Labute approximate surface area is 309 Å². The van der Waals surface area contributed by atoms with E-state index >= 15 is 0 Å². The van der Waals surface area contributed by atoms with Gasteiger partial charge in [0.05, 0.1) is 53.8 Å². The zero-order chi connectivity index (χ0) is 41.2. The molecule has 0 radical (unpaired) electrons. The van der Waals surface area contributed by atoms with E-state index in [1.165, 1.54) is 79.1 Å². The first-order valence-electron chi connectivity index (χ1n) is 14.6. The molecule has 20 nitrogen and oxygen atoms in total. The van der Waals surface area contributed by atoms with Crippen molar-refractivity contribution in [2.45, 2.75) is 11.5 Å². The van der Waals surface area contributed by atoms with Gasteiger partial charge in [-0.1, -0.05) is 12.1 Å². The van der Waals surface area contributed by atoms with Crippen LogP contribution in [0.5, 0.6) is 35.5 Å². The Morgan fingerprint density at radius 1 is 0.600 bits per heavy atom. The lowest BCUT2D eigenvalue weighted by molar-refractivity contribution is 0.101. The lowest BCUT2D eigenvalue weighted by Crippen LogP contribution is -2.33. The molecule has 26 heteroatoms. The van der Waals surface area contributed by atoms with Crippen molar-refractivity contribution in [3.63, 3.8) is 0 Å². The molecule has 0 saturated carbocycles. The summed E-state index contributed by atoms with van der Waals surface area (Å²) in [5, 5.41) is 0. The third-order valence-corrected chi connectivity index (χ3v) is 9.03. The van der Waals surface area contributed by atoms with Crippen LogP contribution in [0.2, 0.25) is 0 Å². The van der Waals surface area contributed by atoms with E-state index in [0.29, 0.717) is 0 Å². The van der Waals surface area contributed by atoms with Crippen molar-refractivity contribution in [3.8, 4) is 35.5 Å². The average molecular weight is 823 g/mol. The van der Waals surface area contributed by atoms with Gasteiger partial charge in [0, 0.05) is 7.05 Å². The van der Waals surface area contributed by atoms with Crippen molar-refractivity contribution in [2.24, 2.45) is 0 Å². The molecule has 0 aliphatic carbocycles. The largest absolute Gasteiger partial charge is 0.495 e. The number of anilines is 2. The van der Waals surface area contributed by atoms with Crippen molar-refractivity contribution >= 4 is 43.0 Å². The van der Waals surface area contributed by atoms with E-state index in [-0.39, 0.29) is 51.0 Å². The number of methoxy groups -OCH3 is 6. The van der Waals surface area contributed by atoms with Crippen LogP contribution < -0.4 is 37.4 Å². The summed E-state index contributed by atoms with van der Waals surface area (Å²) in [6, 6.07) is 6.84. The van der Waals surface area contributed by atoms with Gasteiger partial charge >= 0.3 is 35.6 Å². The molecular formula is C29H30F4N8O12S2. The van der Waals surface area contributed by atoms with Gasteiger partial charge in [-0.05, 0) is 24.3 Å². The van der Waals surface area contributed by atoms with E-state index in [0.717, 1.165) is 7.05 Å². The lowest BCUT2D eigenvalue weighted by atomic mass is 10.1. The number of halogens is 4. The number of carbonyl (C=O) groups is 2. The minimum atomic E-state index is -5.07. The Bertz CT molecular complexity index is 2210. The van der Waals surface area contributed by atoms with Crippen LogP contribution in [0.3, 0.4) is 0 Å². The van der Waals surface area contributed by atoms with Gasteiger partial charge in [-0.3, -0.25) is 18.6 Å². The smallest absolute Gasteiger partial charge is 0.355 e. The van der Waals surface area contributed by atoms with Crippen molar-refractivity contribution < 1.29 is 72.4 Å². The number of hydrogen-bond donors (Lipinski definition) is 1. The highest BCUT2D eigenvalue weighted by atomic mass is 32.2. The number of hydrogen-bond acceptors (Lipinski definition) is 18. The van der Waals surface area contributed by atoms with Crippen molar-refractivity contribution in [1.82, 2.24) is 29.9 Å². The summed E-state index contributed by atoms with van der Waals surface area (Å²) in [7, 11) is -1.87. The molecule has 0 amide bonds. The number of benzene rings is 2. The van der Waals surface area contributed by atoms with Crippen LogP contribution in [0, 0.1) is 0 Å². The second-order valence-electron chi connectivity index (χ2n) is 9.84. The van der Waals surface area contributed by atoms with Crippen LogP contribution in [-0.2, 0) is 20.0 Å². The number of nitrogens with one attached hydrogen (secondary N) is 1. The first kappa shape index (κ1) is 43.2.